The zero-order valence-electron chi connectivity index (χ0n) is 8.49. The predicted molar refractivity (Wildman–Crippen MR) is 46.1 cm³/mol. The molecule has 0 bridgehead atoms. The molecule has 0 amide bonds. The predicted octanol–water partition coefficient (Wildman–Crippen LogP) is 0.947. The molecule has 2 atom stereocenters. The van der Waals surface area contributed by atoms with Gasteiger partial charge in [-0.1, -0.05) is 0 Å². The Bertz CT molecular complexity index is 200. The van der Waals surface area contributed by atoms with Crippen LogP contribution in [0, 0.1) is 5.92 Å². The molecule has 1 rings (SSSR count). The van der Waals surface area contributed by atoms with E-state index in [1.165, 1.54) is 7.11 Å². The summed E-state index contributed by atoms with van der Waals surface area (Å²) in [5.74, 6) is -1.11. The lowest BCUT2D eigenvalue weighted by Crippen LogP contribution is -2.30. The van der Waals surface area contributed by atoms with Crippen molar-refractivity contribution in [3.8, 4) is 0 Å². The average Bonchev–Trinajstić information content (AvgIpc) is 2.43. The van der Waals surface area contributed by atoms with Gasteiger partial charge in [0.1, 0.15) is 0 Å². The number of hydrogen-bond donors (Lipinski definition) is 0. The van der Waals surface area contributed by atoms with Crippen LogP contribution in [0.15, 0.2) is 0 Å². The monoisotopic (exact) mass is 188 g/mol. The van der Waals surface area contributed by atoms with E-state index in [0.717, 1.165) is 0 Å². The van der Waals surface area contributed by atoms with E-state index in [1.807, 2.05) is 13.8 Å². The fourth-order valence-electron chi connectivity index (χ4n) is 1.30. The molecule has 0 N–H and O–H groups in total. The van der Waals surface area contributed by atoms with Crippen molar-refractivity contribution in [1.29, 1.82) is 0 Å². The van der Waals surface area contributed by atoms with Gasteiger partial charge < -0.3 is 14.2 Å². The van der Waals surface area contributed by atoms with Crippen LogP contribution in [0.1, 0.15) is 20.8 Å². The molecule has 13 heavy (non-hydrogen) atoms. The van der Waals surface area contributed by atoms with E-state index in [1.54, 1.807) is 6.92 Å². The molecular weight excluding hydrogens is 172 g/mol. The van der Waals surface area contributed by atoms with E-state index in [-0.39, 0.29) is 18.0 Å². The Labute approximate surface area is 78.2 Å². The highest BCUT2D eigenvalue weighted by molar-refractivity contribution is 5.72. The first-order valence-corrected chi connectivity index (χ1v) is 4.36. The maximum Gasteiger partial charge on any atom is 0.311 e. The molecular formula is C9H16O4. The third-order valence-electron chi connectivity index (χ3n) is 2.16. The second kappa shape index (κ2) is 3.64. The van der Waals surface area contributed by atoms with Gasteiger partial charge in [0.15, 0.2) is 5.79 Å². The first kappa shape index (κ1) is 10.5. The number of hydrogen-bond acceptors (Lipinski definition) is 4. The van der Waals surface area contributed by atoms with E-state index in [0.29, 0.717) is 6.61 Å². The first-order valence-electron chi connectivity index (χ1n) is 4.36. The van der Waals surface area contributed by atoms with E-state index in [2.05, 4.69) is 4.74 Å². The van der Waals surface area contributed by atoms with Crippen LogP contribution in [0.5, 0.6) is 0 Å². The minimum atomic E-state index is -0.576. The van der Waals surface area contributed by atoms with Crippen LogP contribution in [0.25, 0.3) is 0 Å². The lowest BCUT2D eigenvalue weighted by atomic mass is 10.1. The number of methoxy groups -OCH3 is 1. The Morgan fingerprint density at radius 3 is 2.62 bits per heavy atom. The normalized spacial score (nSPS) is 28.5. The Morgan fingerprint density at radius 2 is 2.23 bits per heavy atom. The molecule has 1 fully saturated rings. The van der Waals surface area contributed by atoms with Gasteiger partial charge >= 0.3 is 5.97 Å². The number of carbonyl (C=O) groups excluding carboxylic acids is 1. The van der Waals surface area contributed by atoms with Crippen LogP contribution in [0.3, 0.4) is 0 Å². The van der Waals surface area contributed by atoms with Crippen LogP contribution >= 0.6 is 0 Å². The largest absolute Gasteiger partial charge is 0.469 e. The lowest BCUT2D eigenvalue weighted by Gasteiger charge is -2.19. The number of ether oxygens (including phenoxy) is 3. The van der Waals surface area contributed by atoms with E-state index < -0.39 is 5.79 Å². The van der Waals surface area contributed by atoms with Gasteiger partial charge in [-0.05, 0) is 20.8 Å². The van der Waals surface area contributed by atoms with Crippen LogP contribution in [0.4, 0.5) is 0 Å². The van der Waals surface area contributed by atoms with Gasteiger partial charge in [-0.25, -0.2) is 0 Å². The summed E-state index contributed by atoms with van der Waals surface area (Å²) in [7, 11) is 1.37. The molecule has 76 valence electrons. The van der Waals surface area contributed by atoms with Crippen molar-refractivity contribution < 1.29 is 19.0 Å². The summed E-state index contributed by atoms with van der Waals surface area (Å²) in [5, 5.41) is 0. The second-order valence-corrected chi connectivity index (χ2v) is 3.68. The highest BCUT2D eigenvalue weighted by atomic mass is 16.7. The van der Waals surface area contributed by atoms with Crippen molar-refractivity contribution in [2.75, 3.05) is 13.7 Å². The van der Waals surface area contributed by atoms with Crippen LogP contribution < -0.4 is 0 Å². The zero-order chi connectivity index (χ0) is 10.1. The van der Waals surface area contributed by atoms with Crippen molar-refractivity contribution in [2.24, 2.45) is 5.92 Å². The fraction of sp³-hybridized carbons (Fsp3) is 0.889. The maximum atomic E-state index is 11.2. The van der Waals surface area contributed by atoms with Crippen LogP contribution in [0.2, 0.25) is 0 Å². The molecule has 4 nitrogen and oxygen atoms in total. The Morgan fingerprint density at radius 1 is 1.62 bits per heavy atom. The maximum absolute atomic E-state index is 11.2. The number of carbonyl (C=O) groups is 1. The summed E-state index contributed by atoms with van der Waals surface area (Å²) in [5.41, 5.74) is 0. The van der Waals surface area contributed by atoms with Crippen molar-refractivity contribution in [2.45, 2.75) is 32.7 Å². The van der Waals surface area contributed by atoms with Gasteiger partial charge in [0, 0.05) is 0 Å². The molecule has 1 heterocycles. The molecule has 0 spiro atoms. The molecule has 1 aliphatic heterocycles. The van der Waals surface area contributed by atoms with Crippen LogP contribution in [-0.4, -0.2) is 31.6 Å². The van der Waals surface area contributed by atoms with Gasteiger partial charge in [0.05, 0.1) is 25.7 Å². The van der Waals surface area contributed by atoms with Crippen LogP contribution in [-0.2, 0) is 19.0 Å². The average molecular weight is 188 g/mol. The smallest absolute Gasteiger partial charge is 0.311 e. The van der Waals surface area contributed by atoms with Gasteiger partial charge in [-0.2, -0.15) is 0 Å². The first-order chi connectivity index (χ1) is 5.96. The minimum Gasteiger partial charge on any atom is -0.469 e. The van der Waals surface area contributed by atoms with E-state index >= 15 is 0 Å². The van der Waals surface area contributed by atoms with Crippen molar-refractivity contribution in [3.05, 3.63) is 0 Å². The summed E-state index contributed by atoms with van der Waals surface area (Å²) in [4.78, 5) is 11.2. The molecule has 0 radical (unpaired) electrons. The SMILES string of the molecule is COC(=O)C(C)C1COC(C)(C)O1. The lowest BCUT2D eigenvalue weighted by molar-refractivity contribution is -0.160. The Kier molecular flexibility index (Phi) is 2.93. The van der Waals surface area contributed by atoms with Gasteiger partial charge in [-0.3, -0.25) is 4.79 Å². The minimum absolute atomic E-state index is 0.192. The summed E-state index contributed by atoms with van der Waals surface area (Å²) in [6.45, 7) is 5.89. The quantitative estimate of drug-likeness (QED) is 0.605. The third kappa shape index (κ3) is 2.42. The Hall–Kier alpha value is -0.610. The summed E-state index contributed by atoms with van der Waals surface area (Å²) < 4.78 is 15.5. The topological polar surface area (TPSA) is 44.8 Å². The standard InChI is InChI=1S/C9H16O4/c1-6(8(10)11-4)7-5-12-9(2,3)13-7/h6-7H,5H2,1-4H3. The van der Waals surface area contributed by atoms with Gasteiger partial charge in [-0.15, -0.1) is 0 Å². The summed E-state index contributed by atoms with van der Waals surface area (Å²) in [6.07, 6.45) is -0.192. The van der Waals surface area contributed by atoms with Crippen molar-refractivity contribution >= 4 is 5.97 Å². The highest BCUT2D eigenvalue weighted by Gasteiger charge is 2.38. The fourth-order valence-corrected chi connectivity index (χ4v) is 1.30. The molecule has 0 aromatic carbocycles. The van der Waals surface area contributed by atoms with Crippen molar-refractivity contribution in [3.63, 3.8) is 0 Å². The number of esters is 1. The Balaban J connectivity index is 2.51. The van der Waals surface area contributed by atoms with Gasteiger partial charge in [0.25, 0.3) is 0 Å². The molecule has 4 heteroatoms. The molecule has 2 unspecified atom stereocenters. The molecule has 0 aliphatic carbocycles. The highest BCUT2D eigenvalue weighted by Crippen LogP contribution is 2.26. The molecule has 0 saturated carbocycles. The zero-order valence-corrected chi connectivity index (χ0v) is 8.49. The molecule has 0 aromatic heterocycles. The third-order valence-corrected chi connectivity index (χ3v) is 2.16. The summed E-state index contributed by atoms with van der Waals surface area (Å²) >= 11 is 0. The molecule has 1 saturated heterocycles. The number of rotatable bonds is 2. The van der Waals surface area contributed by atoms with Crippen molar-refractivity contribution in [1.82, 2.24) is 0 Å². The van der Waals surface area contributed by atoms with Gasteiger partial charge in [0.2, 0.25) is 0 Å². The van der Waals surface area contributed by atoms with E-state index in [9.17, 15) is 4.79 Å². The van der Waals surface area contributed by atoms with E-state index in [4.69, 9.17) is 9.47 Å². The second-order valence-electron chi connectivity index (χ2n) is 3.68. The summed E-state index contributed by atoms with van der Waals surface area (Å²) in [6, 6.07) is 0. The molecule has 0 aromatic rings. The molecule has 1 aliphatic rings.